The van der Waals surface area contributed by atoms with Crippen LogP contribution in [0.5, 0.6) is 0 Å². The molecule has 20 heavy (non-hydrogen) atoms. The first-order chi connectivity index (χ1) is 9.06. The van der Waals surface area contributed by atoms with Gasteiger partial charge in [0.25, 0.3) is 0 Å². The quantitative estimate of drug-likeness (QED) is 0.724. The molecule has 120 valence electrons. The van der Waals surface area contributed by atoms with Gasteiger partial charge in [-0.05, 0) is 39.0 Å². The van der Waals surface area contributed by atoms with Gasteiger partial charge in [0.15, 0.2) is 0 Å². The number of ether oxygens (including phenoxy) is 1. The van der Waals surface area contributed by atoms with E-state index in [1.54, 1.807) is 0 Å². The van der Waals surface area contributed by atoms with Gasteiger partial charge in [-0.15, -0.1) is 12.4 Å². The first kappa shape index (κ1) is 19.7. The molecule has 0 spiro atoms. The van der Waals surface area contributed by atoms with Crippen molar-refractivity contribution in [1.82, 2.24) is 5.32 Å². The van der Waals surface area contributed by atoms with Crippen molar-refractivity contribution in [3.05, 3.63) is 0 Å². The predicted molar refractivity (Wildman–Crippen MR) is 85.1 cm³/mol. The van der Waals surface area contributed by atoms with Gasteiger partial charge in [-0.2, -0.15) is 0 Å². The van der Waals surface area contributed by atoms with Crippen molar-refractivity contribution in [2.45, 2.75) is 65.0 Å². The Morgan fingerprint density at radius 3 is 2.45 bits per heavy atom. The highest BCUT2D eigenvalue weighted by molar-refractivity contribution is 5.85. The average molecular weight is 307 g/mol. The molecule has 1 aliphatic rings. The van der Waals surface area contributed by atoms with Crippen molar-refractivity contribution >= 4 is 18.3 Å². The maximum Gasteiger partial charge on any atom is 0.224 e. The van der Waals surface area contributed by atoms with Crippen molar-refractivity contribution in [2.75, 3.05) is 13.2 Å². The van der Waals surface area contributed by atoms with Crippen LogP contribution in [0.25, 0.3) is 0 Å². The number of nitrogens with two attached hydrogens (primary N) is 1. The summed E-state index contributed by atoms with van der Waals surface area (Å²) in [6, 6.07) is -0.0995. The zero-order chi connectivity index (χ0) is 14.3. The topological polar surface area (TPSA) is 64.3 Å². The molecule has 0 aromatic heterocycles. The summed E-state index contributed by atoms with van der Waals surface area (Å²) in [6.45, 7) is 7.23. The summed E-state index contributed by atoms with van der Waals surface area (Å²) in [7, 11) is 0. The van der Waals surface area contributed by atoms with Crippen LogP contribution in [-0.2, 0) is 9.53 Å². The Morgan fingerprint density at radius 1 is 1.35 bits per heavy atom. The van der Waals surface area contributed by atoms with Gasteiger partial charge in [0.05, 0.1) is 6.10 Å². The molecule has 4 nitrogen and oxygen atoms in total. The molecule has 0 aromatic rings. The van der Waals surface area contributed by atoms with Gasteiger partial charge in [0.1, 0.15) is 0 Å². The number of carbonyl (C=O) groups is 1. The van der Waals surface area contributed by atoms with Crippen LogP contribution in [0.2, 0.25) is 0 Å². The zero-order valence-corrected chi connectivity index (χ0v) is 13.9. The first-order valence-electron chi connectivity index (χ1n) is 7.71. The molecule has 3 unspecified atom stereocenters. The summed E-state index contributed by atoms with van der Waals surface area (Å²) in [5.41, 5.74) is 5.73. The Kier molecular flexibility index (Phi) is 10.2. The fourth-order valence-corrected chi connectivity index (χ4v) is 2.74. The molecule has 5 heteroatoms. The molecular formula is C15H31ClN2O2. The van der Waals surface area contributed by atoms with Crippen molar-refractivity contribution < 1.29 is 9.53 Å². The standard InChI is InChI=1S/C15H30N2O2.ClH/c1-4-19-14(13-7-5-6-8-13)9-10-17-15(18)11(2)12(3)16;/h11-14H,4-10,16H2,1-3H3,(H,17,18);1H. The van der Waals surface area contributed by atoms with E-state index in [-0.39, 0.29) is 30.3 Å². The number of carbonyl (C=O) groups excluding carboxylic acids is 1. The number of halogens is 1. The number of hydrogen-bond acceptors (Lipinski definition) is 3. The lowest BCUT2D eigenvalue weighted by Crippen LogP contribution is -2.40. The van der Waals surface area contributed by atoms with E-state index in [1.165, 1.54) is 25.7 Å². The first-order valence-corrected chi connectivity index (χ1v) is 7.71. The second kappa shape index (κ2) is 10.4. The molecule has 0 aromatic carbocycles. The van der Waals surface area contributed by atoms with E-state index in [1.807, 2.05) is 20.8 Å². The van der Waals surface area contributed by atoms with E-state index >= 15 is 0 Å². The lowest BCUT2D eigenvalue weighted by Gasteiger charge is -2.24. The summed E-state index contributed by atoms with van der Waals surface area (Å²) in [5, 5.41) is 2.98. The van der Waals surface area contributed by atoms with Crippen LogP contribution in [0.4, 0.5) is 0 Å². The molecule has 0 bridgehead atoms. The fourth-order valence-electron chi connectivity index (χ4n) is 2.74. The monoisotopic (exact) mass is 306 g/mol. The predicted octanol–water partition coefficient (Wildman–Crippen LogP) is 2.49. The summed E-state index contributed by atoms with van der Waals surface area (Å²) in [5.74, 6) is 0.608. The van der Waals surface area contributed by atoms with E-state index in [0.29, 0.717) is 18.6 Å². The Labute approximate surface area is 129 Å². The lowest BCUT2D eigenvalue weighted by molar-refractivity contribution is -0.125. The smallest absolute Gasteiger partial charge is 0.224 e. The van der Waals surface area contributed by atoms with E-state index in [9.17, 15) is 4.79 Å². The minimum absolute atomic E-state index is 0. The molecule has 0 aliphatic heterocycles. The van der Waals surface area contributed by atoms with E-state index in [4.69, 9.17) is 10.5 Å². The molecular weight excluding hydrogens is 276 g/mol. The van der Waals surface area contributed by atoms with Gasteiger partial charge < -0.3 is 15.8 Å². The lowest BCUT2D eigenvalue weighted by atomic mass is 9.97. The number of nitrogens with one attached hydrogen (secondary N) is 1. The molecule has 0 radical (unpaired) electrons. The molecule has 1 fully saturated rings. The van der Waals surface area contributed by atoms with Gasteiger partial charge in [0, 0.05) is 25.1 Å². The van der Waals surface area contributed by atoms with Crippen molar-refractivity contribution in [3.8, 4) is 0 Å². The van der Waals surface area contributed by atoms with Gasteiger partial charge in [0.2, 0.25) is 5.91 Å². The number of rotatable bonds is 8. The molecule has 1 rings (SSSR count). The Morgan fingerprint density at radius 2 is 1.95 bits per heavy atom. The minimum atomic E-state index is -0.128. The molecule has 0 saturated heterocycles. The normalized spacial score (nSPS) is 20.0. The molecule has 3 N–H and O–H groups in total. The third-order valence-electron chi connectivity index (χ3n) is 4.24. The third-order valence-corrected chi connectivity index (χ3v) is 4.24. The van der Waals surface area contributed by atoms with Gasteiger partial charge in [-0.25, -0.2) is 0 Å². The van der Waals surface area contributed by atoms with Crippen LogP contribution < -0.4 is 11.1 Å². The van der Waals surface area contributed by atoms with Crippen LogP contribution in [0.1, 0.15) is 52.9 Å². The van der Waals surface area contributed by atoms with Gasteiger partial charge in [-0.3, -0.25) is 4.79 Å². The Bertz CT molecular complexity index is 269. The van der Waals surface area contributed by atoms with Crippen LogP contribution in [0.15, 0.2) is 0 Å². The summed E-state index contributed by atoms with van der Waals surface area (Å²) < 4.78 is 5.84. The van der Waals surface area contributed by atoms with Gasteiger partial charge >= 0.3 is 0 Å². The van der Waals surface area contributed by atoms with Crippen molar-refractivity contribution in [1.29, 1.82) is 0 Å². The van der Waals surface area contributed by atoms with E-state index in [2.05, 4.69) is 5.32 Å². The summed E-state index contributed by atoms with van der Waals surface area (Å²) in [6.07, 6.45) is 6.41. The molecule has 0 heterocycles. The second-order valence-corrected chi connectivity index (χ2v) is 5.77. The second-order valence-electron chi connectivity index (χ2n) is 5.77. The zero-order valence-electron chi connectivity index (χ0n) is 13.1. The summed E-state index contributed by atoms with van der Waals surface area (Å²) in [4.78, 5) is 11.8. The minimum Gasteiger partial charge on any atom is -0.378 e. The molecule has 1 aliphatic carbocycles. The maximum atomic E-state index is 11.8. The average Bonchev–Trinajstić information content (AvgIpc) is 2.90. The van der Waals surface area contributed by atoms with Crippen LogP contribution in [0.3, 0.4) is 0 Å². The Balaban J connectivity index is 0.00000361. The highest BCUT2D eigenvalue weighted by atomic mass is 35.5. The van der Waals surface area contributed by atoms with Crippen molar-refractivity contribution in [3.63, 3.8) is 0 Å². The van der Waals surface area contributed by atoms with E-state index in [0.717, 1.165) is 13.0 Å². The van der Waals surface area contributed by atoms with Crippen molar-refractivity contribution in [2.24, 2.45) is 17.6 Å². The molecule has 1 saturated carbocycles. The van der Waals surface area contributed by atoms with Crippen LogP contribution >= 0.6 is 12.4 Å². The van der Waals surface area contributed by atoms with Crippen LogP contribution in [0, 0.1) is 11.8 Å². The Hall–Kier alpha value is -0.320. The molecule has 3 atom stereocenters. The van der Waals surface area contributed by atoms with Crippen LogP contribution in [-0.4, -0.2) is 31.2 Å². The third kappa shape index (κ3) is 6.42. The SMILES string of the molecule is CCOC(CCNC(=O)C(C)C(C)N)C1CCCC1.Cl. The highest BCUT2D eigenvalue weighted by Gasteiger charge is 2.25. The largest absolute Gasteiger partial charge is 0.378 e. The number of hydrogen-bond donors (Lipinski definition) is 2. The maximum absolute atomic E-state index is 11.8. The number of amides is 1. The summed E-state index contributed by atoms with van der Waals surface area (Å²) >= 11 is 0. The van der Waals surface area contributed by atoms with Gasteiger partial charge in [-0.1, -0.05) is 19.8 Å². The fraction of sp³-hybridized carbons (Fsp3) is 0.933. The van der Waals surface area contributed by atoms with E-state index < -0.39 is 0 Å². The molecule has 1 amide bonds. The highest BCUT2D eigenvalue weighted by Crippen LogP contribution is 2.30.